The lowest BCUT2D eigenvalue weighted by atomic mass is 9.44. The minimum atomic E-state index is -2.47. The quantitative estimate of drug-likeness (QED) is 0.0285. The van der Waals surface area contributed by atoms with E-state index in [1.165, 1.54) is 83.8 Å². The van der Waals surface area contributed by atoms with Crippen LogP contribution in [0.3, 0.4) is 0 Å². The van der Waals surface area contributed by atoms with Gasteiger partial charge in [0, 0.05) is 43.4 Å². The molecule has 3 aromatic carbocycles. The molecule has 24 heteroatoms. The van der Waals surface area contributed by atoms with E-state index in [9.17, 15) is 39.0 Å². The molecule has 22 nitrogen and oxygen atoms in total. The van der Waals surface area contributed by atoms with E-state index in [1.54, 1.807) is 48.5 Å². The van der Waals surface area contributed by atoms with Crippen LogP contribution in [0.15, 0.2) is 106 Å². The first-order chi connectivity index (χ1) is 36.5. The number of rotatable bonds is 17. The van der Waals surface area contributed by atoms with E-state index in [0.717, 1.165) is 13.8 Å². The first-order valence-corrected chi connectivity index (χ1v) is 26.0. The second-order valence-electron chi connectivity index (χ2n) is 19.8. The molecule has 2 bridgehead atoms. The van der Waals surface area contributed by atoms with Crippen LogP contribution in [0.2, 0.25) is 0 Å². The highest BCUT2D eigenvalue weighted by atomic mass is 32.2. The molecule has 7 rings (SSSR count). The Morgan fingerprint density at radius 2 is 1.55 bits per heavy atom. The first-order valence-electron chi connectivity index (χ1n) is 24.6. The molecule has 77 heavy (non-hydrogen) atoms. The Bertz CT molecular complexity index is 2800. The number of nitrogens with one attached hydrogen (secondary N) is 2. The van der Waals surface area contributed by atoms with Gasteiger partial charge in [0.05, 0.1) is 29.6 Å². The lowest BCUT2D eigenvalue weighted by Gasteiger charge is -2.67. The number of esters is 5. The number of ketones is 1. The van der Waals surface area contributed by atoms with Gasteiger partial charge in [-0.25, -0.2) is 24.6 Å². The molecule has 2 amide bonds. The summed E-state index contributed by atoms with van der Waals surface area (Å²) in [5, 5.41) is 34.3. The van der Waals surface area contributed by atoms with E-state index in [4.69, 9.17) is 37.9 Å². The third-order valence-electron chi connectivity index (χ3n) is 14.9. The van der Waals surface area contributed by atoms with Crippen LogP contribution in [0.4, 0.5) is 4.79 Å². The van der Waals surface area contributed by atoms with E-state index in [2.05, 4.69) is 21.0 Å². The molecule has 4 N–H and O–H groups in total. The van der Waals surface area contributed by atoms with Crippen LogP contribution in [0, 0.1) is 16.7 Å². The molecule has 3 aromatic rings. The predicted octanol–water partition coefficient (Wildman–Crippen LogP) is 3.67. The van der Waals surface area contributed by atoms with Crippen LogP contribution in [0.1, 0.15) is 86.7 Å². The van der Waals surface area contributed by atoms with E-state index < -0.39 is 131 Å². The van der Waals surface area contributed by atoms with Gasteiger partial charge in [-0.05, 0) is 73.2 Å². The molecular formula is C53H61BN4O18S. The maximum absolute atomic E-state index is 15.7. The molecule has 0 radical (unpaired) electrons. The average Bonchev–Trinajstić information content (AvgIpc) is 3.50. The lowest BCUT2D eigenvalue weighted by Crippen LogP contribution is -2.82. The number of aliphatic hydroxyl groups excluding tert-OH is 1. The van der Waals surface area contributed by atoms with Gasteiger partial charge >= 0.3 is 35.9 Å². The lowest BCUT2D eigenvalue weighted by molar-refractivity contribution is -0.346. The van der Waals surface area contributed by atoms with Crippen LogP contribution in [0.5, 0.6) is 5.75 Å². The van der Waals surface area contributed by atoms with Crippen molar-refractivity contribution in [2.75, 3.05) is 31.8 Å². The van der Waals surface area contributed by atoms with Crippen molar-refractivity contribution in [3.63, 3.8) is 0 Å². The number of benzene rings is 3. The van der Waals surface area contributed by atoms with Crippen LogP contribution in [-0.4, -0.2) is 145 Å². The summed E-state index contributed by atoms with van der Waals surface area (Å²) in [5.74, 6) is -7.55. The number of amides is 2. The number of Topliss-reactive ketones (excluding diaryl/α,β-unsaturated/α-hetero) is 1. The number of carbonyl (C=O) groups is 8. The highest BCUT2D eigenvalue weighted by molar-refractivity contribution is 7.98. The van der Waals surface area contributed by atoms with Gasteiger partial charge < -0.3 is 48.1 Å². The van der Waals surface area contributed by atoms with Gasteiger partial charge in [0.1, 0.15) is 42.3 Å². The Morgan fingerprint density at radius 3 is 2.14 bits per heavy atom. The van der Waals surface area contributed by atoms with Crippen LogP contribution in [-0.2, 0) is 57.1 Å². The van der Waals surface area contributed by atoms with Crippen molar-refractivity contribution in [3.8, 4) is 5.75 Å². The second-order valence-corrected chi connectivity index (χ2v) is 20.8. The fourth-order valence-corrected chi connectivity index (χ4v) is 11.2. The fourth-order valence-electron chi connectivity index (χ4n) is 11.0. The first kappa shape index (κ1) is 57.6. The number of nitrogens with zero attached hydrogens (tertiary/aromatic N) is 2. The second kappa shape index (κ2) is 23.6. The van der Waals surface area contributed by atoms with Crippen molar-refractivity contribution in [2.24, 2.45) is 26.9 Å². The summed E-state index contributed by atoms with van der Waals surface area (Å²) < 4.78 is 47.2. The number of ether oxygens (including phenoxy) is 8. The van der Waals surface area contributed by atoms with Gasteiger partial charge in [-0.2, -0.15) is 16.9 Å². The number of hydrazine groups is 1. The summed E-state index contributed by atoms with van der Waals surface area (Å²) in [6.07, 6.45) is -9.83. The molecule has 2 saturated carbocycles. The minimum absolute atomic E-state index is 0.0346. The Labute approximate surface area is 448 Å². The number of hydrogen-bond donors (Lipinski definition) is 4. The summed E-state index contributed by atoms with van der Waals surface area (Å²) in [4.78, 5) is 110. The van der Waals surface area contributed by atoms with Crippen LogP contribution in [0.25, 0.3) is 0 Å². The molecule has 1 aliphatic heterocycles. The monoisotopic (exact) mass is 1080 g/mol. The smallest absolute Gasteiger partial charge is 0.426 e. The molecule has 11 atom stereocenters. The van der Waals surface area contributed by atoms with E-state index in [0.29, 0.717) is 11.3 Å². The van der Waals surface area contributed by atoms with Crippen LogP contribution < -0.4 is 15.6 Å². The van der Waals surface area contributed by atoms with Crippen LogP contribution >= 0.6 is 11.8 Å². The van der Waals surface area contributed by atoms with Crippen molar-refractivity contribution in [1.82, 2.24) is 10.9 Å². The molecule has 1 saturated heterocycles. The van der Waals surface area contributed by atoms with Crippen molar-refractivity contribution in [3.05, 3.63) is 113 Å². The molecule has 3 fully saturated rings. The molecule has 3 aliphatic carbocycles. The zero-order valence-corrected chi connectivity index (χ0v) is 44.5. The molecule has 0 unspecified atom stereocenters. The number of hydrogen-bond acceptors (Lipinski definition) is 21. The maximum Gasteiger partial charge on any atom is 0.426 e. The SMILES string of the molecule is BN=N[C@@H](c1ccccc1)[C@@H](OC(=O)COc1ccc(C(=O)NNC(=O)OCCSC)cc1)C(=O)O[C@H]1C[C@@]2(O)[C@@H](OC(=O)c3ccccc3)[C@@H]3[C@]4(OC(C)=O)CO[C@@H]4C[C@H](O)[C@@]3(C)C(=O)[C@H](OC(C)=O)C(=C1C)C2(C)C. The predicted molar refractivity (Wildman–Crippen MR) is 273 cm³/mol. The van der Waals surface area contributed by atoms with Gasteiger partial charge in [-0.15, -0.1) is 0 Å². The van der Waals surface area contributed by atoms with Crippen molar-refractivity contribution < 1.29 is 86.5 Å². The van der Waals surface area contributed by atoms with E-state index in [1.807, 2.05) is 6.26 Å². The molecule has 410 valence electrons. The number of fused-ring (bicyclic) bond motifs is 5. The normalized spacial score (nSPS) is 27.8. The third kappa shape index (κ3) is 11.5. The fraction of sp³-hybridized carbons (Fsp3) is 0.472. The van der Waals surface area contributed by atoms with Gasteiger partial charge in [-0.3, -0.25) is 29.6 Å². The largest absolute Gasteiger partial charge is 0.482 e. The topological polar surface area (TPSA) is 300 Å². The van der Waals surface area contributed by atoms with Crippen molar-refractivity contribution in [1.29, 1.82) is 0 Å². The summed E-state index contributed by atoms with van der Waals surface area (Å²) in [6.45, 7) is 7.16. The Morgan fingerprint density at radius 1 is 0.883 bits per heavy atom. The number of aliphatic hydroxyl groups is 2. The Hall–Kier alpha value is -7.15. The zero-order valence-electron chi connectivity index (χ0n) is 43.7. The van der Waals surface area contributed by atoms with Crippen molar-refractivity contribution in [2.45, 2.75) is 108 Å². The molecule has 4 aliphatic rings. The molecule has 0 spiro atoms. The summed E-state index contributed by atoms with van der Waals surface area (Å²) in [5.41, 5.74) is -3.21. The molecule has 0 aromatic heterocycles. The Balaban J connectivity index is 1.26. The number of carbonyl (C=O) groups excluding carboxylic acids is 8. The maximum atomic E-state index is 15.7. The van der Waals surface area contributed by atoms with Gasteiger partial charge in [0.25, 0.3) is 13.9 Å². The van der Waals surface area contributed by atoms with E-state index in [-0.39, 0.29) is 47.7 Å². The third-order valence-corrected chi connectivity index (χ3v) is 15.4. The Kier molecular flexibility index (Phi) is 17.7. The molecular weight excluding hydrogens is 1020 g/mol. The number of thioether (sulfide) groups is 1. The standard InChI is InChI=1S/C53H61BN4O18S/c1-28-35(73-48(66)42(40(55-58-54)31-14-10-8-11-15-31)74-38(62)26-70-34-20-18-32(19-21-34)46(64)56-57-49(67)69-22-23-77-7)25-53(68)45(75-47(65)33-16-12-9-13-17-33)43-51(6,36(61)24-37-52(43,27-71-37)76-30(3)60)44(63)41(72-29(2)59)39(28)50(53,4)5/h8-21,35-37,40-43,45,61,68H,22-27,54H2,1-7H3,(H,56,64)(H,57,67)/t35-,36-,37+,40-,41+,42+,43-,45-,51+,52-,53+/m0/s1. The zero-order chi connectivity index (χ0) is 56.0. The summed E-state index contributed by atoms with van der Waals surface area (Å²) in [7, 11) is 1.34. The minimum Gasteiger partial charge on any atom is -0.482 e. The van der Waals surface area contributed by atoms with Gasteiger partial charge in [-0.1, -0.05) is 62.4 Å². The van der Waals surface area contributed by atoms with Gasteiger partial charge in [0.15, 0.2) is 24.1 Å². The van der Waals surface area contributed by atoms with Crippen molar-refractivity contribution >= 4 is 67.4 Å². The molecule has 1 heterocycles. The summed E-state index contributed by atoms with van der Waals surface area (Å²) >= 11 is 1.47. The average molecular weight is 1080 g/mol. The highest BCUT2D eigenvalue weighted by Crippen LogP contribution is 2.64. The van der Waals surface area contributed by atoms with Gasteiger partial charge in [0.2, 0.25) is 6.10 Å². The summed E-state index contributed by atoms with van der Waals surface area (Å²) in [6, 6.07) is 20.1. The highest BCUT2D eigenvalue weighted by Gasteiger charge is 2.78. The van der Waals surface area contributed by atoms with E-state index >= 15 is 9.59 Å².